The van der Waals surface area contributed by atoms with Crippen molar-refractivity contribution in [2.75, 3.05) is 12.0 Å². The normalized spacial score (nSPS) is 17.2. The van der Waals surface area contributed by atoms with E-state index in [1.54, 1.807) is 25.3 Å². The number of carbonyl (C=O) groups excluding carboxylic acids is 2. The number of aliphatic hydroxyl groups is 1. The van der Waals surface area contributed by atoms with Gasteiger partial charge < -0.3 is 9.84 Å². The van der Waals surface area contributed by atoms with Crippen molar-refractivity contribution >= 4 is 44.1 Å². The van der Waals surface area contributed by atoms with Crippen LogP contribution in [0.25, 0.3) is 16.0 Å². The molecule has 1 atom stereocenters. The SMILES string of the molecule is COc1ccc(C(O)=C2C(=O)C(=O)N(c3nc4c(C)cc(C)cc4s3)[C@@H]2c2ccc(C)cc2)cc1C. The van der Waals surface area contributed by atoms with Crippen molar-refractivity contribution in [1.82, 2.24) is 4.98 Å². The first-order valence-electron chi connectivity index (χ1n) is 11.6. The first-order chi connectivity index (χ1) is 17.2. The van der Waals surface area contributed by atoms with Crippen LogP contribution in [-0.4, -0.2) is 28.9 Å². The standard InChI is InChI=1S/C29H26N2O4S/c1-15-6-8-19(9-7-15)25-23(26(32)20-10-11-21(35-5)17(3)14-20)27(33)28(34)31(25)29-30-24-18(4)12-16(2)13-22(24)36-29/h6-14,25,32H,1-5H3/t25-/m1/s1. The van der Waals surface area contributed by atoms with E-state index in [0.29, 0.717) is 16.4 Å². The van der Waals surface area contributed by atoms with Crippen LogP contribution in [0.3, 0.4) is 0 Å². The maximum Gasteiger partial charge on any atom is 0.301 e. The molecule has 3 aromatic carbocycles. The number of nitrogens with zero attached hydrogens (tertiary/aromatic N) is 2. The minimum Gasteiger partial charge on any atom is -0.507 e. The number of Topliss-reactive ketones (excluding diaryl/α,β-unsaturated/α-hetero) is 1. The van der Waals surface area contributed by atoms with Crippen molar-refractivity contribution in [3.8, 4) is 5.75 Å². The van der Waals surface area contributed by atoms with Gasteiger partial charge in [-0.1, -0.05) is 47.2 Å². The Labute approximate surface area is 213 Å². The highest BCUT2D eigenvalue weighted by molar-refractivity contribution is 7.22. The summed E-state index contributed by atoms with van der Waals surface area (Å²) in [5.74, 6) is -0.998. The number of rotatable bonds is 4. The average molecular weight is 499 g/mol. The van der Waals surface area contributed by atoms with E-state index in [4.69, 9.17) is 9.72 Å². The van der Waals surface area contributed by atoms with Crippen molar-refractivity contribution < 1.29 is 19.4 Å². The Morgan fingerprint density at radius 1 is 0.944 bits per heavy atom. The van der Waals surface area contributed by atoms with Crippen LogP contribution < -0.4 is 9.64 Å². The van der Waals surface area contributed by atoms with Gasteiger partial charge in [-0.15, -0.1) is 0 Å². The van der Waals surface area contributed by atoms with E-state index in [9.17, 15) is 14.7 Å². The molecule has 0 bridgehead atoms. The van der Waals surface area contributed by atoms with E-state index in [1.807, 2.05) is 64.1 Å². The Morgan fingerprint density at radius 3 is 2.33 bits per heavy atom. The fourth-order valence-corrected chi connectivity index (χ4v) is 5.91. The van der Waals surface area contributed by atoms with Gasteiger partial charge in [-0.3, -0.25) is 14.5 Å². The van der Waals surface area contributed by atoms with Crippen LogP contribution in [0.1, 0.15) is 39.4 Å². The molecule has 1 amide bonds. The summed E-state index contributed by atoms with van der Waals surface area (Å²) in [4.78, 5) is 33.1. The number of carbonyl (C=O) groups is 2. The molecule has 1 saturated heterocycles. The molecular formula is C29H26N2O4S. The molecule has 1 aromatic heterocycles. The molecule has 1 fully saturated rings. The summed E-state index contributed by atoms with van der Waals surface area (Å²) in [7, 11) is 1.58. The van der Waals surface area contributed by atoms with Crippen LogP contribution in [0.15, 0.2) is 60.2 Å². The van der Waals surface area contributed by atoms with Crippen molar-refractivity contribution in [3.05, 3.63) is 93.6 Å². The predicted octanol–water partition coefficient (Wildman–Crippen LogP) is 6.16. The number of methoxy groups -OCH3 is 1. The summed E-state index contributed by atoms with van der Waals surface area (Å²) in [6.45, 7) is 7.83. The van der Waals surface area contributed by atoms with Crippen LogP contribution in [0.5, 0.6) is 5.75 Å². The van der Waals surface area contributed by atoms with Crippen molar-refractivity contribution in [2.45, 2.75) is 33.7 Å². The molecule has 0 unspecified atom stereocenters. The molecule has 0 saturated carbocycles. The molecule has 0 aliphatic carbocycles. The number of ketones is 1. The molecule has 36 heavy (non-hydrogen) atoms. The number of thiazole rings is 1. The molecule has 4 aromatic rings. The zero-order chi connectivity index (χ0) is 25.7. The number of anilines is 1. The minimum absolute atomic E-state index is 0.0422. The van der Waals surface area contributed by atoms with Crippen molar-refractivity contribution in [3.63, 3.8) is 0 Å². The minimum atomic E-state index is -0.810. The summed E-state index contributed by atoms with van der Waals surface area (Å²) >= 11 is 1.37. The van der Waals surface area contributed by atoms with Gasteiger partial charge in [-0.05, 0) is 74.2 Å². The first kappa shape index (κ1) is 23.8. The van der Waals surface area contributed by atoms with Gasteiger partial charge >= 0.3 is 5.91 Å². The zero-order valence-electron chi connectivity index (χ0n) is 20.7. The van der Waals surface area contributed by atoms with E-state index in [2.05, 4.69) is 0 Å². The van der Waals surface area contributed by atoms with Gasteiger partial charge in [-0.25, -0.2) is 4.98 Å². The van der Waals surface area contributed by atoms with Crippen LogP contribution in [0, 0.1) is 27.7 Å². The summed E-state index contributed by atoms with van der Waals surface area (Å²) in [6.07, 6.45) is 0. The number of aromatic nitrogens is 1. The lowest BCUT2D eigenvalue weighted by Crippen LogP contribution is -2.29. The van der Waals surface area contributed by atoms with Gasteiger partial charge in [0.25, 0.3) is 5.78 Å². The second-order valence-electron chi connectivity index (χ2n) is 9.19. The van der Waals surface area contributed by atoms with Gasteiger partial charge in [0.1, 0.15) is 11.5 Å². The maximum atomic E-state index is 13.5. The van der Waals surface area contributed by atoms with Crippen molar-refractivity contribution in [2.24, 2.45) is 0 Å². The van der Waals surface area contributed by atoms with Crippen LogP contribution in [0.2, 0.25) is 0 Å². The van der Waals surface area contributed by atoms with E-state index < -0.39 is 17.7 Å². The van der Waals surface area contributed by atoms with Crippen LogP contribution in [0.4, 0.5) is 5.13 Å². The van der Waals surface area contributed by atoms with E-state index in [-0.39, 0.29) is 11.3 Å². The number of hydrogen-bond donors (Lipinski definition) is 1. The van der Waals surface area contributed by atoms with E-state index >= 15 is 0 Å². The molecule has 6 nitrogen and oxygen atoms in total. The Morgan fingerprint density at radius 2 is 1.67 bits per heavy atom. The van der Waals surface area contributed by atoms with E-state index in [1.165, 1.54) is 16.2 Å². The molecular weight excluding hydrogens is 472 g/mol. The van der Waals surface area contributed by atoms with Gasteiger partial charge in [0.05, 0.1) is 28.9 Å². The number of aliphatic hydroxyl groups excluding tert-OH is 1. The molecule has 182 valence electrons. The Kier molecular flexibility index (Phi) is 5.88. The number of aryl methyl sites for hydroxylation is 4. The monoisotopic (exact) mass is 498 g/mol. The molecule has 1 aliphatic rings. The number of benzene rings is 3. The summed E-state index contributed by atoms with van der Waals surface area (Å²) in [6, 6.07) is 16.1. The largest absolute Gasteiger partial charge is 0.507 e. The highest BCUT2D eigenvalue weighted by Crippen LogP contribution is 2.45. The Hall–Kier alpha value is -3.97. The van der Waals surface area contributed by atoms with E-state index in [0.717, 1.165) is 38.0 Å². The molecule has 5 rings (SSSR count). The number of ether oxygens (including phenoxy) is 1. The molecule has 1 aliphatic heterocycles. The Bertz CT molecular complexity index is 1570. The third-order valence-corrected chi connectivity index (χ3v) is 7.53. The topological polar surface area (TPSA) is 79.7 Å². The van der Waals surface area contributed by atoms with Gasteiger partial charge in [0, 0.05) is 5.56 Å². The molecule has 2 heterocycles. The number of hydrogen-bond acceptors (Lipinski definition) is 6. The molecule has 0 spiro atoms. The third kappa shape index (κ3) is 3.85. The van der Waals surface area contributed by atoms with Gasteiger partial charge in [-0.2, -0.15) is 0 Å². The third-order valence-electron chi connectivity index (χ3n) is 6.53. The fraction of sp³-hybridized carbons (Fsp3) is 0.207. The lowest BCUT2D eigenvalue weighted by atomic mass is 9.94. The lowest BCUT2D eigenvalue weighted by molar-refractivity contribution is -0.132. The van der Waals surface area contributed by atoms with Crippen LogP contribution >= 0.6 is 11.3 Å². The zero-order valence-corrected chi connectivity index (χ0v) is 21.6. The highest BCUT2D eigenvalue weighted by atomic mass is 32.1. The summed E-state index contributed by atoms with van der Waals surface area (Å²) in [5.41, 5.74) is 5.97. The highest BCUT2D eigenvalue weighted by Gasteiger charge is 2.48. The summed E-state index contributed by atoms with van der Waals surface area (Å²) < 4.78 is 6.28. The van der Waals surface area contributed by atoms with Crippen molar-refractivity contribution in [1.29, 1.82) is 0 Å². The first-order valence-corrected chi connectivity index (χ1v) is 12.4. The molecule has 1 N–H and O–H groups in total. The quantitative estimate of drug-likeness (QED) is 0.207. The lowest BCUT2D eigenvalue weighted by Gasteiger charge is -2.23. The molecule has 7 heteroatoms. The second kappa shape index (κ2) is 8.91. The molecule has 0 radical (unpaired) electrons. The van der Waals surface area contributed by atoms with Gasteiger partial charge in [0.15, 0.2) is 5.13 Å². The fourth-order valence-electron chi connectivity index (χ4n) is 4.74. The number of amides is 1. The summed E-state index contributed by atoms with van der Waals surface area (Å²) in [5, 5.41) is 11.8. The van der Waals surface area contributed by atoms with Gasteiger partial charge in [0.2, 0.25) is 0 Å². The Balaban J connectivity index is 1.73. The van der Waals surface area contributed by atoms with Crippen LogP contribution in [-0.2, 0) is 9.59 Å². The predicted molar refractivity (Wildman–Crippen MR) is 143 cm³/mol. The second-order valence-corrected chi connectivity index (χ2v) is 10.2. The smallest absolute Gasteiger partial charge is 0.301 e. The average Bonchev–Trinajstić information content (AvgIpc) is 3.38. The number of fused-ring (bicyclic) bond motifs is 1. The maximum absolute atomic E-state index is 13.5.